The molecule has 4 aromatic heterocycles. The second-order valence-electron chi connectivity index (χ2n) is 13.3. The molecule has 0 radical (unpaired) electrons. The van der Waals surface area contributed by atoms with Gasteiger partial charge in [0.2, 0.25) is 22.7 Å². The van der Waals surface area contributed by atoms with Gasteiger partial charge in [-0.3, -0.25) is 0 Å². The lowest BCUT2D eigenvalue weighted by molar-refractivity contribution is -0.596. The van der Waals surface area contributed by atoms with Gasteiger partial charge in [0.05, 0.1) is 0 Å². The maximum absolute atomic E-state index is 6.15. The number of ether oxygens (including phenoxy) is 2. The van der Waals surface area contributed by atoms with Crippen molar-refractivity contribution in [3.8, 4) is 68.0 Å². The van der Waals surface area contributed by atoms with E-state index in [-0.39, 0.29) is 0 Å². The minimum absolute atomic E-state index is 0.736. The van der Waals surface area contributed by atoms with Crippen molar-refractivity contribution in [2.45, 2.75) is 0 Å². The molecular weight excluding hydrogens is 689 g/mol. The average molecular weight is 727 g/mol. The van der Waals surface area contributed by atoms with Crippen molar-refractivity contribution >= 4 is 0 Å². The van der Waals surface area contributed by atoms with Gasteiger partial charge < -0.3 is 9.47 Å². The second kappa shape index (κ2) is 15.7. The molecule has 0 saturated carbocycles. The molecule has 266 valence electrons. The molecule has 6 heteroatoms. The standard InChI is InChI=1S/C50H38N4O2/c1-3-7-43(8-4-1)51-31-23-39(24-32-51)41-27-35-53(36-28-41)45-11-15-47(16-12-45)55-49-19-21-50(22-20-49)56-48-17-13-46(14-18-48)54-37-29-42(30-38-54)40-25-33-52(34-26-40)44-9-5-2-6-10-44/h1-38H/q+4. The van der Waals surface area contributed by atoms with Gasteiger partial charge in [0, 0.05) is 97.1 Å². The molecule has 0 saturated heterocycles. The predicted octanol–water partition coefficient (Wildman–Crippen LogP) is 9.71. The van der Waals surface area contributed by atoms with E-state index >= 15 is 0 Å². The third kappa shape index (κ3) is 7.81. The topological polar surface area (TPSA) is 34.0 Å². The highest BCUT2D eigenvalue weighted by molar-refractivity contribution is 5.62. The van der Waals surface area contributed by atoms with Crippen LogP contribution in [0.25, 0.3) is 45.0 Å². The van der Waals surface area contributed by atoms with E-state index in [4.69, 9.17) is 9.47 Å². The van der Waals surface area contributed by atoms with Crippen LogP contribution in [0.3, 0.4) is 0 Å². The quantitative estimate of drug-likeness (QED) is 0.132. The number of hydrogen-bond donors (Lipinski definition) is 0. The first-order chi connectivity index (χ1) is 27.7. The second-order valence-corrected chi connectivity index (χ2v) is 13.3. The molecule has 0 unspecified atom stereocenters. The normalized spacial score (nSPS) is 10.9. The van der Waals surface area contributed by atoms with Gasteiger partial charge in [-0.25, -0.2) is 0 Å². The van der Waals surface area contributed by atoms with Gasteiger partial charge in [-0.15, -0.1) is 0 Å². The molecule has 0 aliphatic heterocycles. The largest absolute Gasteiger partial charge is 0.457 e. The Hall–Kier alpha value is -7.70. The zero-order chi connectivity index (χ0) is 37.5. The van der Waals surface area contributed by atoms with Crippen molar-refractivity contribution < 1.29 is 27.7 Å². The number of para-hydroxylation sites is 2. The van der Waals surface area contributed by atoms with Crippen LogP contribution in [-0.4, -0.2) is 0 Å². The number of nitrogens with zero attached hydrogens (tertiary/aromatic N) is 4. The molecule has 0 aliphatic carbocycles. The maximum Gasteiger partial charge on any atom is 0.210 e. The Morgan fingerprint density at radius 1 is 0.214 bits per heavy atom. The smallest absolute Gasteiger partial charge is 0.210 e. The van der Waals surface area contributed by atoms with Crippen molar-refractivity contribution in [3.05, 3.63) is 232 Å². The van der Waals surface area contributed by atoms with Crippen molar-refractivity contribution in [2.24, 2.45) is 0 Å². The molecular formula is C50H38N4O2+4. The van der Waals surface area contributed by atoms with Crippen LogP contribution in [0.1, 0.15) is 0 Å². The molecule has 5 aromatic carbocycles. The Morgan fingerprint density at radius 3 is 0.679 bits per heavy atom. The molecule has 0 fully saturated rings. The summed E-state index contributed by atoms with van der Waals surface area (Å²) in [6.45, 7) is 0. The van der Waals surface area contributed by atoms with Gasteiger partial charge in [-0.2, -0.15) is 18.3 Å². The summed E-state index contributed by atoms with van der Waals surface area (Å²) in [5.41, 5.74) is 9.03. The zero-order valence-electron chi connectivity index (χ0n) is 30.5. The van der Waals surface area contributed by atoms with Gasteiger partial charge in [-0.1, -0.05) is 36.4 Å². The monoisotopic (exact) mass is 726 g/mol. The Bertz CT molecular complexity index is 2460. The summed E-state index contributed by atoms with van der Waals surface area (Å²) >= 11 is 0. The number of rotatable bonds is 10. The summed E-state index contributed by atoms with van der Waals surface area (Å²) in [6.07, 6.45) is 16.7. The van der Waals surface area contributed by atoms with Crippen LogP contribution in [0.15, 0.2) is 232 Å². The van der Waals surface area contributed by atoms with Crippen LogP contribution in [0.2, 0.25) is 0 Å². The van der Waals surface area contributed by atoms with Crippen molar-refractivity contribution in [2.75, 3.05) is 0 Å². The van der Waals surface area contributed by atoms with Crippen LogP contribution >= 0.6 is 0 Å². The first-order valence-electron chi connectivity index (χ1n) is 18.5. The van der Waals surface area contributed by atoms with Crippen molar-refractivity contribution in [1.29, 1.82) is 0 Å². The van der Waals surface area contributed by atoms with Gasteiger partial charge >= 0.3 is 0 Å². The van der Waals surface area contributed by atoms with Gasteiger partial charge in [0.25, 0.3) is 0 Å². The SMILES string of the molecule is c1ccc(-[n+]2ccc(-c3cc[n+](-c4ccc(Oc5ccc(Oc6ccc(-[n+]7ccc(-c8cc[n+](-c9ccccc9)cc8)cc7)cc6)cc5)cc4)cc3)cc2)cc1. The molecule has 0 N–H and O–H groups in total. The molecule has 0 amide bonds. The van der Waals surface area contributed by atoms with Crippen LogP contribution < -0.4 is 27.7 Å². The molecule has 6 nitrogen and oxygen atoms in total. The lowest BCUT2D eigenvalue weighted by atomic mass is 10.1. The molecule has 0 atom stereocenters. The van der Waals surface area contributed by atoms with E-state index in [0.29, 0.717) is 0 Å². The molecule has 0 bridgehead atoms. The highest BCUT2D eigenvalue weighted by Gasteiger charge is 2.12. The summed E-state index contributed by atoms with van der Waals surface area (Å²) in [5.74, 6) is 2.99. The fourth-order valence-electron chi connectivity index (χ4n) is 6.58. The van der Waals surface area contributed by atoms with Crippen LogP contribution in [0.4, 0.5) is 0 Å². The minimum atomic E-state index is 0.736. The Morgan fingerprint density at radius 2 is 0.429 bits per heavy atom. The minimum Gasteiger partial charge on any atom is -0.457 e. The molecule has 9 aromatic rings. The van der Waals surface area contributed by atoms with E-state index in [1.165, 1.54) is 11.1 Å². The predicted molar refractivity (Wildman–Crippen MR) is 216 cm³/mol. The summed E-state index contributed by atoms with van der Waals surface area (Å²) in [5, 5.41) is 0. The van der Waals surface area contributed by atoms with E-state index in [0.717, 1.165) is 56.9 Å². The molecule has 0 spiro atoms. The Balaban J connectivity index is 0.779. The van der Waals surface area contributed by atoms with E-state index in [2.05, 4.69) is 165 Å². The molecule has 56 heavy (non-hydrogen) atoms. The fraction of sp³-hybridized carbons (Fsp3) is 0. The number of pyridine rings is 4. The fourth-order valence-corrected chi connectivity index (χ4v) is 6.58. The summed E-state index contributed by atoms with van der Waals surface area (Å²) in [4.78, 5) is 0. The number of aromatic nitrogens is 4. The summed E-state index contributed by atoms with van der Waals surface area (Å²) < 4.78 is 20.7. The van der Waals surface area contributed by atoms with Crippen LogP contribution in [0, 0.1) is 0 Å². The van der Waals surface area contributed by atoms with Crippen LogP contribution in [0.5, 0.6) is 23.0 Å². The third-order valence-electron chi connectivity index (χ3n) is 9.66. The average Bonchev–Trinajstić information content (AvgIpc) is 3.28. The Labute approximate surface area is 326 Å². The zero-order valence-corrected chi connectivity index (χ0v) is 30.5. The lowest BCUT2D eigenvalue weighted by Gasteiger charge is -2.08. The van der Waals surface area contributed by atoms with E-state index in [9.17, 15) is 0 Å². The van der Waals surface area contributed by atoms with Crippen molar-refractivity contribution in [3.63, 3.8) is 0 Å². The summed E-state index contributed by atoms with van der Waals surface area (Å²) in [7, 11) is 0. The highest BCUT2D eigenvalue weighted by Crippen LogP contribution is 2.28. The van der Waals surface area contributed by atoms with Gasteiger partial charge in [0.15, 0.2) is 49.6 Å². The van der Waals surface area contributed by atoms with E-state index < -0.39 is 0 Å². The molecule has 9 rings (SSSR count). The van der Waals surface area contributed by atoms with Crippen LogP contribution in [-0.2, 0) is 0 Å². The van der Waals surface area contributed by atoms with Gasteiger partial charge in [0.1, 0.15) is 23.0 Å². The van der Waals surface area contributed by atoms with Gasteiger partial charge in [-0.05, 0) is 70.8 Å². The number of hydrogen-bond acceptors (Lipinski definition) is 2. The van der Waals surface area contributed by atoms with Crippen molar-refractivity contribution in [1.82, 2.24) is 0 Å². The first kappa shape index (κ1) is 34.1. The molecule has 4 heterocycles. The third-order valence-corrected chi connectivity index (χ3v) is 9.66. The van der Waals surface area contributed by atoms with E-state index in [1.54, 1.807) is 0 Å². The highest BCUT2D eigenvalue weighted by atomic mass is 16.5. The summed E-state index contributed by atoms with van der Waals surface area (Å²) in [6, 6.07) is 61.6. The Kier molecular flexibility index (Phi) is 9.57. The maximum atomic E-state index is 6.15. The first-order valence-corrected chi connectivity index (χ1v) is 18.5. The molecule has 0 aliphatic rings. The lowest BCUT2D eigenvalue weighted by Crippen LogP contribution is -2.29. The number of benzene rings is 5. The van der Waals surface area contributed by atoms with E-state index in [1.807, 2.05) is 84.9 Å².